The number of nitroso groups, excluding NO2 is 1. The minimum atomic E-state index is -1.70. The summed E-state index contributed by atoms with van der Waals surface area (Å²) in [6.07, 6.45) is -1.74. The Balaban J connectivity index is 2.02. The first-order chi connectivity index (χ1) is 12.3. The maximum atomic E-state index is 13.0. The van der Waals surface area contributed by atoms with Gasteiger partial charge >= 0.3 is 0 Å². The molecule has 0 spiro atoms. The molecule has 0 saturated heterocycles. The smallest absolute Gasteiger partial charge is 0.196 e. The first-order valence-corrected chi connectivity index (χ1v) is 7.94. The van der Waals surface area contributed by atoms with Gasteiger partial charge in [0.2, 0.25) is 0 Å². The van der Waals surface area contributed by atoms with Gasteiger partial charge in [0.1, 0.15) is 11.8 Å². The van der Waals surface area contributed by atoms with Gasteiger partial charge in [-0.05, 0) is 29.8 Å². The highest BCUT2D eigenvalue weighted by molar-refractivity contribution is 6.32. The van der Waals surface area contributed by atoms with Crippen LogP contribution < -0.4 is 0 Å². The van der Waals surface area contributed by atoms with E-state index in [4.69, 9.17) is 0 Å². The number of aliphatic hydroxyl groups excluding tert-OH is 1. The Kier molecular flexibility index (Phi) is 3.31. The van der Waals surface area contributed by atoms with Crippen molar-refractivity contribution in [3.05, 3.63) is 68.6 Å². The number of hydrogen-bond donors (Lipinski definition) is 2. The number of aliphatic hydroxyl groups is 2. The van der Waals surface area contributed by atoms with Crippen molar-refractivity contribution >= 4 is 23.0 Å². The van der Waals surface area contributed by atoms with Crippen molar-refractivity contribution in [1.82, 2.24) is 0 Å². The van der Waals surface area contributed by atoms with E-state index < -0.39 is 29.1 Å². The van der Waals surface area contributed by atoms with Crippen LogP contribution in [0.5, 0.6) is 0 Å². The van der Waals surface area contributed by atoms with Crippen molar-refractivity contribution in [1.29, 1.82) is 0 Å². The van der Waals surface area contributed by atoms with Crippen LogP contribution in [0.1, 0.15) is 54.7 Å². The maximum absolute atomic E-state index is 13.0. The largest absolute Gasteiger partial charge is 0.387 e. The van der Waals surface area contributed by atoms with Gasteiger partial charge in [0.05, 0.1) is 11.2 Å². The van der Waals surface area contributed by atoms with Crippen LogP contribution in [0, 0.1) is 4.91 Å². The van der Waals surface area contributed by atoms with Crippen LogP contribution in [0.2, 0.25) is 0 Å². The van der Waals surface area contributed by atoms with Gasteiger partial charge in [-0.2, -0.15) is 0 Å². The number of Topliss-reactive ketones (excluding diaryl/α,β-unsaturated/α-hetero) is 1. The van der Waals surface area contributed by atoms with Gasteiger partial charge < -0.3 is 10.2 Å². The second-order valence-corrected chi connectivity index (χ2v) is 6.77. The number of nitrogens with zero attached hydrogens (tertiary/aromatic N) is 1. The van der Waals surface area contributed by atoms with E-state index in [2.05, 4.69) is 5.18 Å². The molecule has 0 radical (unpaired) electrons. The number of benzene rings is 2. The van der Waals surface area contributed by atoms with Crippen molar-refractivity contribution in [3.8, 4) is 0 Å². The van der Waals surface area contributed by atoms with Crippen LogP contribution in [0.3, 0.4) is 0 Å². The molecule has 0 fully saturated rings. The molecule has 2 aliphatic rings. The van der Waals surface area contributed by atoms with Crippen molar-refractivity contribution in [2.24, 2.45) is 5.18 Å². The van der Waals surface area contributed by atoms with Gasteiger partial charge in [-0.25, -0.2) is 0 Å². The number of carbonyl (C=O) groups excluding carboxylic acids is 3. The predicted octanol–water partition coefficient (Wildman–Crippen LogP) is 1.71. The molecule has 26 heavy (non-hydrogen) atoms. The Morgan fingerprint density at radius 2 is 1.65 bits per heavy atom. The van der Waals surface area contributed by atoms with E-state index in [-0.39, 0.29) is 39.9 Å². The summed E-state index contributed by atoms with van der Waals surface area (Å²) in [5.74, 6) is -1.96. The average Bonchev–Trinajstić information content (AvgIpc) is 2.62. The molecule has 2 atom stereocenters. The topological polar surface area (TPSA) is 121 Å². The average molecular weight is 351 g/mol. The first-order valence-electron chi connectivity index (χ1n) is 7.94. The van der Waals surface area contributed by atoms with Crippen molar-refractivity contribution in [2.45, 2.75) is 25.0 Å². The first kappa shape index (κ1) is 16.4. The van der Waals surface area contributed by atoms with Crippen LogP contribution in [0.25, 0.3) is 0 Å². The second-order valence-electron chi connectivity index (χ2n) is 6.77. The zero-order valence-electron chi connectivity index (χ0n) is 13.6. The van der Waals surface area contributed by atoms with E-state index in [1.807, 2.05) is 0 Å². The molecule has 7 heteroatoms. The van der Waals surface area contributed by atoms with Gasteiger partial charge in [0, 0.05) is 28.7 Å². The second kappa shape index (κ2) is 5.23. The fourth-order valence-corrected chi connectivity index (χ4v) is 3.71. The Labute approximate surface area is 147 Å². The Hall–Kier alpha value is -3.03. The molecular formula is C19H13NO6. The Bertz CT molecular complexity index is 1040. The molecule has 0 heterocycles. The van der Waals surface area contributed by atoms with E-state index >= 15 is 0 Å². The maximum Gasteiger partial charge on any atom is 0.196 e. The van der Waals surface area contributed by atoms with Crippen molar-refractivity contribution in [2.75, 3.05) is 0 Å². The van der Waals surface area contributed by atoms with Crippen LogP contribution >= 0.6 is 0 Å². The minimum Gasteiger partial charge on any atom is -0.387 e. The highest BCUT2D eigenvalue weighted by Crippen LogP contribution is 2.39. The molecule has 4 rings (SSSR count). The molecule has 0 bridgehead atoms. The van der Waals surface area contributed by atoms with Gasteiger partial charge in [-0.3, -0.25) is 14.4 Å². The van der Waals surface area contributed by atoms with Gasteiger partial charge in [0.15, 0.2) is 17.3 Å². The Morgan fingerprint density at radius 3 is 2.35 bits per heavy atom. The molecule has 2 aromatic carbocycles. The summed E-state index contributed by atoms with van der Waals surface area (Å²) in [4.78, 5) is 49.5. The summed E-state index contributed by atoms with van der Waals surface area (Å²) in [5.41, 5.74) is -1.66. The molecular weight excluding hydrogens is 338 g/mol. The third-order valence-electron chi connectivity index (χ3n) is 5.01. The normalized spacial score (nSPS) is 24.0. The quantitative estimate of drug-likeness (QED) is 0.644. The lowest BCUT2D eigenvalue weighted by molar-refractivity contribution is -0.0488. The van der Waals surface area contributed by atoms with E-state index in [9.17, 15) is 29.5 Å². The molecule has 0 aliphatic heterocycles. The summed E-state index contributed by atoms with van der Waals surface area (Å²) in [6, 6.07) is 7.06. The third kappa shape index (κ3) is 1.98. The zero-order chi connectivity index (χ0) is 18.8. The molecule has 7 nitrogen and oxygen atoms in total. The van der Waals surface area contributed by atoms with E-state index in [1.165, 1.54) is 37.3 Å². The Morgan fingerprint density at radius 1 is 1.00 bits per heavy atom. The number of rotatable bonds is 1. The van der Waals surface area contributed by atoms with Crippen LogP contribution in [0.4, 0.5) is 5.69 Å². The van der Waals surface area contributed by atoms with Gasteiger partial charge in [-0.15, -0.1) is 4.91 Å². The number of carbonyl (C=O) groups is 3. The van der Waals surface area contributed by atoms with Crippen LogP contribution in [0.15, 0.2) is 35.5 Å². The lowest BCUT2D eigenvalue weighted by atomic mass is 9.72. The lowest BCUT2D eigenvalue weighted by Crippen LogP contribution is -2.50. The van der Waals surface area contributed by atoms with E-state index in [0.717, 1.165) is 0 Å². The highest BCUT2D eigenvalue weighted by atomic mass is 16.3. The molecule has 2 aromatic rings. The van der Waals surface area contributed by atoms with Crippen LogP contribution in [-0.2, 0) is 6.42 Å². The summed E-state index contributed by atoms with van der Waals surface area (Å²) >= 11 is 0. The molecule has 2 N–H and O–H groups in total. The minimum absolute atomic E-state index is 0.00683. The van der Waals surface area contributed by atoms with Crippen molar-refractivity contribution < 1.29 is 24.6 Å². The summed E-state index contributed by atoms with van der Waals surface area (Å²) < 4.78 is 0. The molecule has 0 amide bonds. The number of ketones is 3. The molecule has 2 unspecified atom stereocenters. The molecule has 130 valence electrons. The monoisotopic (exact) mass is 351 g/mol. The standard InChI is InChI=1S/C19H13NO6/c1-19(25)7-8-5-6-10-14(12(8)17(23)18(19)24)16(22)9-3-2-4-11(20-26)13(9)15(10)21/h2-6,18,24-25H,7H2,1H3. The van der Waals surface area contributed by atoms with E-state index in [1.54, 1.807) is 0 Å². The van der Waals surface area contributed by atoms with Crippen molar-refractivity contribution in [3.63, 3.8) is 0 Å². The summed E-state index contributed by atoms with van der Waals surface area (Å²) in [6.45, 7) is 1.34. The SMILES string of the molecule is CC1(O)Cc2ccc3c(c2C(=O)C1O)C(=O)c1cccc(N=O)c1C3=O. The van der Waals surface area contributed by atoms with Crippen LogP contribution in [-0.4, -0.2) is 39.3 Å². The number of hydrogen-bond acceptors (Lipinski definition) is 7. The zero-order valence-corrected chi connectivity index (χ0v) is 13.6. The molecule has 0 saturated carbocycles. The molecule has 2 aliphatic carbocycles. The fourth-order valence-electron chi connectivity index (χ4n) is 3.71. The van der Waals surface area contributed by atoms with E-state index in [0.29, 0.717) is 5.56 Å². The summed E-state index contributed by atoms with van der Waals surface area (Å²) in [5, 5.41) is 23.2. The van der Waals surface area contributed by atoms with Gasteiger partial charge in [0.25, 0.3) is 0 Å². The lowest BCUT2D eigenvalue weighted by Gasteiger charge is -2.35. The highest BCUT2D eigenvalue weighted by Gasteiger charge is 2.46. The predicted molar refractivity (Wildman–Crippen MR) is 89.9 cm³/mol. The number of fused-ring (bicyclic) bond motifs is 4. The fraction of sp³-hybridized carbons (Fsp3) is 0.211. The summed E-state index contributed by atoms with van der Waals surface area (Å²) in [7, 11) is 0. The third-order valence-corrected chi connectivity index (χ3v) is 5.01. The van der Waals surface area contributed by atoms with Gasteiger partial charge in [-0.1, -0.05) is 18.2 Å². The molecule has 0 aromatic heterocycles.